The Bertz CT molecular complexity index is 937. The highest BCUT2D eigenvalue weighted by Crippen LogP contribution is 2.36. The first-order valence-electron chi connectivity index (χ1n) is 8.04. The molecule has 2 heterocycles. The summed E-state index contributed by atoms with van der Waals surface area (Å²) in [5.74, 6) is 0.400. The lowest BCUT2D eigenvalue weighted by atomic mass is 10.1. The largest absolute Gasteiger partial charge is 0.493 e. The van der Waals surface area contributed by atoms with E-state index < -0.39 is 15.8 Å². The van der Waals surface area contributed by atoms with Crippen LogP contribution in [0.1, 0.15) is 11.3 Å². The summed E-state index contributed by atoms with van der Waals surface area (Å²) in [5.41, 5.74) is 1.59. The first kappa shape index (κ1) is 18.7. The van der Waals surface area contributed by atoms with Crippen molar-refractivity contribution in [1.29, 1.82) is 0 Å². The Morgan fingerprint density at radius 2 is 2.00 bits per heavy atom. The molecule has 3 rings (SSSR count). The van der Waals surface area contributed by atoms with Gasteiger partial charge in [0.05, 0.1) is 37.3 Å². The van der Waals surface area contributed by atoms with Gasteiger partial charge in [-0.2, -0.15) is 0 Å². The maximum absolute atomic E-state index is 12.3. The van der Waals surface area contributed by atoms with Gasteiger partial charge in [0.25, 0.3) is 0 Å². The van der Waals surface area contributed by atoms with E-state index in [2.05, 4.69) is 10.3 Å². The highest BCUT2D eigenvalue weighted by Gasteiger charge is 2.33. The molecule has 1 fully saturated rings. The molecule has 0 radical (unpaired) electrons. The molecule has 0 bridgehead atoms. The Labute approximate surface area is 156 Å². The zero-order valence-corrected chi connectivity index (χ0v) is 16.4. The number of carbonyl (C=O) groups excluding carboxylic acids is 1. The molecule has 1 aliphatic rings. The molecule has 2 aromatic rings. The lowest BCUT2D eigenvalue weighted by Crippen LogP contribution is -2.23. The second kappa shape index (κ2) is 7.24. The zero-order valence-electron chi connectivity index (χ0n) is 14.7. The van der Waals surface area contributed by atoms with Crippen molar-refractivity contribution < 1.29 is 22.7 Å². The maximum Gasteiger partial charge on any atom is 0.230 e. The van der Waals surface area contributed by atoms with Crippen LogP contribution >= 0.6 is 11.3 Å². The predicted octanol–water partition coefficient (Wildman–Crippen LogP) is 2.51. The summed E-state index contributed by atoms with van der Waals surface area (Å²) in [6.07, 6.45) is 0.362. The van der Waals surface area contributed by atoms with Crippen molar-refractivity contribution in [2.45, 2.75) is 13.3 Å². The fourth-order valence-electron chi connectivity index (χ4n) is 2.91. The van der Waals surface area contributed by atoms with Crippen LogP contribution < -0.4 is 14.8 Å². The van der Waals surface area contributed by atoms with Crippen molar-refractivity contribution in [3.63, 3.8) is 0 Å². The van der Waals surface area contributed by atoms with Crippen molar-refractivity contribution in [2.24, 2.45) is 5.92 Å². The molecule has 1 aromatic carbocycles. The van der Waals surface area contributed by atoms with Crippen molar-refractivity contribution >= 4 is 32.2 Å². The number of rotatable bonds is 5. The molecule has 7 nitrogen and oxygen atoms in total. The Hall–Kier alpha value is -2.13. The van der Waals surface area contributed by atoms with Gasteiger partial charge >= 0.3 is 0 Å². The predicted molar refractivity (Wildman–Crippen MR) is 101 cm³/mol. The van der Waals surface area contributed by atoms with Crippen molar-refractivity contribution in [2.75, 3.05) is 31.0 Å². The lowest BCUT2D eigenvalue weighted by molar-refractivity contribution is -0.119. The molecular formula is C17H20N2O5S2. The van der Waals surface area contributed by atoms with Crippen LogP contribution in [0, 0.1) is 12.8 Å². The zero-order chi connectivity index (χ0) is 18.9. The van der Waals surface area contributed by atoms with E-state index in [1.807, 2.05) is 19.1 Å². The molecule has 0 unspecified atom stereocenters. The van der Waals surface area contributed by atoms with Gasteiger partial charge in [-0.3, -0.25) is 4.79 Å². The summed E-state index contributed by atoms with van der Waals surface area (Å²) in [5, 5.41) is 3.21. The minimum absolute atomic E-state index is 0.0683. The topological polar surface area (TPSA) is 94.6 Å². The van der Waals surface area contributed by atoms with Crippen LogP contribution in [-0.4, -0.2) is 45.0 Å². The van der Waals surface area contributed by atoms with Crippen LogP contribution in [0.5, 0.6) is 11.5 Å². The number of nitrogens with one attached hydrogen (secondary N) is 1. The fraction of sp³-hybridized carbons (Fsp3) is 0.412. The van der Waals surface area contributed by atoms with Crippen LogP contribution in [0.4, 0.5) is 5.13 Å². The molecule has 9 heteroatoms. The molecule has 26 heavy (non-hydrogen) atoms. The number of hydrogen-bond acceptors (Lipinski definition) is 7. The monoisotopic (exact) mass is 396 g/mol. The van der Waals surface area contributed by atoms with Gasteiger partial charge in [-0.05, 0) is 31.5 Å². The van der Waals surface area contributed by atoms with Gasteiger partial charge in [-0.1, -0.05) is 0 Å². The molecule has 0 saturated carbocycles. The molecule has 1 aromatic heterocycles. The Kier molecular flexibility index (Phi) is 5.19. The molecule has 1 aliphatic heterocycles. The van der Waals surface area contributed by atoms with E-state index in [1.54, 1.807) is 20.3 Å². The van der Waals surface area contributed by atoms with Crippen LogP contribution in [0.3, 0.4) is 0 Å². The minimum atomic E-state index is -3.10. The maximum atomic E-state index is 12.3. The second-order valence-corrected chi connectivity index (χ2v) is 9.51. The Balaban J connectivity index is 1.80. The van der Waals surface area contributed by atoms with E-state index in [4.69, 9.17) is 9.47 Å². The van der Waals surface area contributed by atoms with Crippen molar-refractivity contribution in [3.05, 3.63) is 23.1 Å². The number of sulfone groups is 1. The molecular weight excluding hydrogens is 376 g/mol. The molecule has 1 N–H and O–H groups in total. The van der Waals surface area contributed by atoms with E-state index in [9.17, 15) is 13.2 Å². The first-order chi connectivity index (χ1) is 12.3. The van der Waals surface area contributed by atoms with Gasteiger partial charge < -0.3 is 14.8 Å². The molecule has 1 saturated heterocycles. The summed E-state index contributed by atoms with van der Waals surface area (Å²) in [7, 11) is 0.0416. The second-order valence-electron chi connectivity index (χ2n) is 6.08. The number of nitrogens with zero attached hydrogens (tertiary/aromatic N) is 1. The Morgan fingerprint density at radius 3 is 2.62 bits per heavy atom. The summed E-state index contributed by atoms with van der Waals surface area (Å²) < 4.78 is 33.6. The van der Waals surface area contributed by atoms with Gasteiger partial charge in [0, 0.05) is 10.4 Å². The SMILES string of the molecule is COc1ccc(-c2nc(NC(=O)[C@@H]3CCS(=O)(=O)C3)sc2C)cc1OC. The van der Waals surface area contributed by atoms with Crippen LogP contribution in [0.15, 0.2) is 18.2 Å². The molecule has 1 amide bonds. The van der Waals surface area contributed by atoms with Crippen LogP contribution in [-0.2, 0) is 14.6 Å². The number of carbonyl (C=O) groups is 1. The number of anilines is 1. The average molecular weight is 396 g/mol. The number of thiazole rings is 1. The quantitative estimate of drug-likeness (QED) is 0.834. The van der Waals surface area contributed by atoms with Gasteiger partial charge in [-0.15, -0.1) is 11.3 Å². The number of aryl methyl sites for hydroxylation is 1. The van der Waals surface area contributed by atoms with Gasteiger partial charge in [0.2, 0.25) is 5.91 Å². The molecule has 0 aliphatic carbocycles. The van der Waals surface area contributed by atoms with Gasteiger partial charge in [0.1, 0.15) is 0 Å². The van der Waals surface area contributed by atoms with Gasteiger partial charge in [0.15, 0.2) is 26.5 Å². The average Bonchev–Trinajstić information content (AvgIpc) is 3.16. The summed E-state index contributed by atoms with van der Waals surface area (Å²) >= 11 is 1.36. The standard InChI is InChI=1S/C17H20N2O5S2/c1-10-15(11-4-5-13(23-2)14(8-11)24-3)18-17(25-10)19-16(20)12-6-7-26(21,22)9-12/h4-5,8,12H,6-7,9H2,1-3H3,(H,18,19,20)/t12-/m1/s1. The first-order valence-corrected chi connectivity index (χ1v) is 10.7. The number of benzene rings is 1. The fourth-order valence-corrected chi connectivity index (χ4v) is 5.49. The summed E-state index contributed by atoms with van der Waals surface area (Å²) in [6, 6.07) is 5.50. The van der Waals surface area contributed by atoms with Gasteiger partial charge in [-0.25, -0.2) is 13.4 Å². The number of methoxy groups -OCH3 is 2. The van der Waals surface area contributed by atoms with E-state index in [-0.39, 0.29) is 17.4 Å². The number of ether oxygens (including phenoxy) is 2. The van der Waals surface area contributed by atoms with E-state index in [0.717, 1.165) is 16.1 Å². The minimum Gasteiger partial charge on any atom is -0.493 e. The van der Waals surface area contributed by atoms with Crippen molar-refractivity contribution in [3.8, 4) is 22.8 Å². The lowest BCUT2D eigenvalue weighted by Gasteiger charge is -2.09. The smallest absolute Gasteiger partial charge is 0.230 e. The van der Waals surface area contributed by atoms with Crippen molar-refractivity contribution in [1.82, 2.24) is 4.98 Å². The van der Waals surface area contributed by atoms with Crippen LogP contribution in [0.2, 0.25) is 0 Å². The van der Waals surface area contributed by atoms with Crippen LogP contribution in [0.25, 0.3) is 11.3 Å². The number of hydrogen-bond donors (Lipinski definition) is 1. The van der Waals surface area contributed by atoms with E-state index in [0.29, 0.717) is 23.1 Å². The molecule has 1 atom stereocenters. The van der Waals surface area contributed by atoms with E-state index >= 15 is 0 Å². The summed E-state index contributed by atoms with van der Waals surface area (Å²) in [4.78, 5) is 17.7. The number of amides is 1. The normalized spacial score (nSPS) is 18.5. The highest BCUT2D eigenvalue weighted by molar-refractivity contribution is 7.91. The third kappa shape index (κ3) is 3.83. The molecule has 140 valence electrons. The summed E-state index contributed by atoms with van der Waals surface area (Å²) in [6.45, 7) is 1.92. The third-order valence-corrected chi connectivity index (χ3v) is 6.94. The van der Waals surface area contributed by atoms with E-state index in [1.165, 1.54) is 11.3 Å². The Morgan fingerprint density at radius 1 is 1.27 bits per heavy atom. The number of aromatic nitrogens is 1. The molecule has 0 spiro atoms. The highest BCUT2D eigenvalue weighted by atomic mass is 32.2. The third-order valence-electron chi connectivity index (χ3n) is 4.29.